The molecular formula is C13H21N4O13P3. The number of anilines is 1. The Morgan fingerprint density at radius 3 is 2.42 bits per heavy atom. The van der Waals surface area contributed by atoms with Gasteiger partial charge in [0.15, 0.2) is 6.23 Å². The first kappa shape index (κ1) is 26.3. The molecule has 0 aromatic carbocycles. The summed E-state index contributed by atoms with van der Waals surface area (Å²) in [6.45, 7) is 2.33. The molecule has 7 atom stereocenters. The summed E-state index contributed by atoms with van der Waals surface area (Å²) in [4.78, 5) is 44.0. The molecule has 3 heterocycles. The van der Waals surface area contributed by atoms with E-state index in [1.54, 1.807) is 6.07 Å². The van der Waals surface area contributed by atoms with Gasteiger partial charge >= 0.3 is 23.5 Å². The summed E-state index contributed by atoms with van der Waals surface area (Å²) >= 11 is 0. The van der Waals surface area contributed by atoms with E-state index in [1.807, 2.05) is 0 Å². The maximum Gasteiger partial charge on any atom is 0.490 e. The van der Waals surface area contributed by atoms with Crippen molar-refractivity contribution in [3.8, 4) is 0 Å². The minimum atomic E-state index is -5.73. The van der Waals surface area contributed by atoms with Gasteiger partial charge < -0.3 is 44.8 Å². The van der Waals surface area contributed by atoms with Gasteiger partial charge in [0.05, 0.1) is 11.5 Å². The topological polar surface area (TPSA) is 266 Å². The number of aliphatic hydroxyl groups is 2. The average molecular weight is 534 g/mol. The smallest absolute Gasteiger partial charge is 0.387 e. The van der Waals surface area contributed by atoms with E-state index >= 15 is 0 Å². The molecule has 33 heavy (non-hydrogen) atoms. The number of rotatable bonds is 8. The Hall–Kier alpha value is -1.29. The van der Waals surface area contributed by atoms with Crippen LogP contribution in [0, 0.1) is 0 Å². The molecule has 7 unspecified atom stereocenters. The number of hydrogen-bond donors (Lipinski definition) is 7. The second-order valence-electron chi connectivity index (χ2n) is 7.24. The molecule has 186 valence electrons. The van der Waals surface area contributed by atoms with E-state index in [-0.39, 0.29) is 11.5 Å². The Morgan fingerprint density at radius 2 is 1.82 bits per heavy atom. The molecule has 1 fully saturated rings. The van der Waals surface area contributed by atoms with Crippen LogP contribution >= 0.6 is 23.5 Å². The van der Waals surface area contributed by atoms with Gasteiger partial charge in [-0.1, -0.05) is 0 Å². The Morgan fingerprint density at radius 1 is 1.18 bits per heavy atom. The molecule has 2 aromatic rings. The summed E-state index contributed by atoms with van der Waals surface area (Å²) in [6.07, 6.45) is -3.45. The van der Waals surface area contributed by atoms with E-state index in [2.05, 4.69) is 23.1 Å². The largest absolute Gasteiger partial charge is 0.490 e. The number of hydrogen-bond acceptors (Lipinski definition) is 12. The molecule has 8 N–H and O–H groups in total. The van der Waals surface area contributed by atoms with Gasteiger partial charge in [0.1, 0.15) is 35.6 Å². The van der Waals surface area contributed by atoms with Gasteiger partial charge in [-0.2, -0.15) is 8.62 Å². The van der Waals surface area contributed by atoms with Crippen LogP contribution in [0.1, 0.15) is 20.1 Å². The van der Waals surface area contributed by atoms with Crippen LogP contribution in [0.2, 0.25) is 0 Å². The molecule has 0 aliphatic carbocycles. The first-order valence-corrected chi connectivity index (χ1v) is 13.4. The Kier molecular flexibility index (Phi) is 6.97. The molecule has 3 rings (SSSR count). The number of aromatic nitrogens is 3. The fourth-order valence-electron chi connectivity index (χ4n) is 3.30. The summed E-state index contributed by atoms with van der Waals surface area (Å²) in [5, 5.41) is 21.9. The van der Waals surface area contributed by atoms with Crippen molar-refractivity contribution in [1.82, 2.24) is 14.5 Å². The lowest BCUT2D eigenvalue weighted by Gasteiger charge is -2.28. The van der Waals surface area contributed by atoms with Crippen LogP contribution in [0.5, 0.6) is 0 Å². The van der Waals surface area contributed by atoms with E-state index in [4.69, 9.17) is 20.3 Å². The van der Waals surface area contributed by atoms with Gasteiger partial charge in [-0.05, 0) is 19.9 Å². The molecule has 0 radical (unpaired) electrons. The van der Waals surface area contributed by atoms with Gasteiger partial charge in [0, 0.05) is 6.20 Å². The number of fused-ring (bicyclic) bond motifs is 1. The number of phosphoric ester groups is 1. The van der Waals surface area contributed by atoms with Gasteiger partial charge in [0.25, 0.3) is 0 Å². The highest BCUT2D eigenvalue weighted by Gasteiger charge is 2.56. The number of ether oxygens (including phenoxy) is 1. The highest BCUT2D eigenvalue weighted by Crippen LogP contribution is 2.66. The van der Waals surface area contributed by atoms with Crippen molar-refractivity contribution in [2.45, 2.75) is 44.0 Å². The van der Waals surface area contributed by atoms with Gasteiger partial charge in [0.2, 0.25) is 0 Å². The molecule has 17 nitrogen and oxygen atoms in total. The minimum Gasteiger partial charge on any atom is -0.387 e. The van der Waals surface area contributed by atoms with Crippen molar-refractivity contribution in [2.24, 2.45) is 0 Å². The molecule has 1 aliphatic rings. The van der Waals surface area contributed by atoms with E-state index < -0.39 is 53.6 Å². The molecular weight excluding hydrogens is 513 g/mol. The summed E-state index contributed by atoms with van der Waals surface area (Å²) in [6, 6.07) is 1.54. The maximum atomic E-state index is 12.1. The Bertz CT molecular complexity index is 1180. The first-order valence-electron chi connectivity index (χ1n) is 8.89. The third kappa shape index (κ3) is 5.69. The third-order valence-corrected chi connectivity index (χ3v) is 8.59. The molecule has 1 aliphatic heterocycles. The number of nitrogens with zero attached hydrogens (tertiary/aromatic N) is 3. The molecule has 0 saturated carbocycles. The summed E-state index contributed by atoms with van der Waals surface area (Å²) in [5.41, 5.74) is 4.04. The fourth-order valence-corrected chi connectivity index (χ4v) is 6.50. The van der Waals surface area contributed by atoms with Gasteiger partial charge in [-0.25, -0.2) is 23.7 Å². The second kappa shape index (κ2) is 8.73. The van der Waals surface area contributed by atoms with Crippen LogP contribution in [0.4, 0.5) is 5.82 Å². The summed E-state index contributed by atoms with van der Waals surface area (Å²) in [7, 11) is -16.8. The number of phosphoric acid groups is 3. The predicted molar refractivity (Wildman–Crippen MR) is 107 cm³/mol. The minimum absolute atomic E-state index is 0.148. The average Bonchev–Trinajstić information content (AvgIpc) is 3.11. The molecule has 0 bridgehead atoms. The highest BCUT2D eigenvalue weighted by atomic mass is 31.3. The lowest BCUT2D eigenvalue weighted by atomic mass is 9.94. The van der Waals surface area contributed by atoms with Crippen LogP contribution in [-0.4, -0.2) is 68.2 Å². The highest BCUT2D eigenvalue weighted by molar-refractivity contribution is 7.66. The normalized spacial score (nSPS) is 30.7. The predicted octanol–water partition coefficient (Wildman–Crippen LogP) is -0.245. The zero-order chi connectivity index (χ0) is 25.0. The van der Waals surface area contributed by atoms with Crippen LogP contribution in [0.25, 0.3) is 11.0 Å². The van der Waals surface area contributed by atoms with Crippen LogP contribution in [0.3, 0.4) is 0 Å². The van der Waals surface area contributed by atoms with E-state index in [0.29, 0.717) is 5.39 Å². The van der Waals surface area contributed by atoms with Crippen molar-refractivity contribution in [2.75, 3.05) is 5.73 Å². The van der Waals surface area contributed by atoms with Crippen molar-refractivity contribution < 1.29 is 61.4 Å². The first-order chi connectivity index (χ1) is 14.9. The number of nitrogen functional groups attached to an aromatic ring is 1. The quantitative estimate of drug-likeness (QED) is 0.215. The van der Waals surface area contributed by atoms with Crippen LogP contribution in [-0.2, 0) is 31.6 Å². The van der Waals surface area contributed by atoms with Crippen molar-refractivity contribution in [3.63, 3.8) is 0 Å². The monoisotopic (exact) mass is 534 g/mol. The molecule has 2 aromatic heterocycles. The molecule has 20 heteroatoms. The van der Waals surface area contributed by atoms with Gasteiger partial charge in [-0.15, -0.1) is 0 Å². The number of nitrogens with two attached hydrogens (primary N) is 1. The molecule has 0 amide bonds. The summed E-state index contributed by atoms with van der Waals surface area (Å²) < 4.78 is 53.3. The molecule has 1 saturated heterocycles. The van der Waals surface area contributed by atoms with Crippen molar-refractivity contribution in [3.05, 3.63) is 18.6 Å². The fraction of sp³-hybridized carbons (Fsp3) is 0.538. The number of aliphatic hydroxyl groups excluding tert-OH is 1. The van der Waals surface area contributed by atoms with Crippen molar-refractivity contribution in [1.29, 1.82) is 0 Å². The van der Waals surface area contributed by atoms with Crippen molar-refractivity contribution >= 4 is 40.3 Å². The van der Waals surface area contributed by atoms with E-state index in [0.717, 1.165) is 6.92 Å². The van der Waals surface area contributed by atoms with Crippen LogP contribution < -0.4 is 5.73 Å². The van der Waals surface area contributed by atoms with Gasteiger partial charge in [-0.3, -0.25) is 4.52 Å². The standard InChI is InChI=1S/C13H21N4O13P3/c1-6(28-32(23,24)30-33(25,26)29-31(20,21)22)8-9(18)13(2,19)12(27-8)17-4-3-7-10(14)15-5-16-11(7)17/h3-6,8-9,12,18-19H,1-2H3,(H,23,24)(H,25,26)(H2,14,15,16)(H2,20,21,22). The van der Waals surface area contributed by atoms with E-state index in [9.17, 15) is 33.7 Å². The maximum absolute atomic E-state index is 12.1. The lowest BCUT2D eigenvalue weighted by Crippen LogP contribution is -2.46. The zero-order valence-electron chi connectivity index (χ0n) is 16.8. The van der Waals surface area contributed by atoms with Crippen LogP contribution in [0.15, 0.2) is 18.6 Å². The Balaban J connectivity index is 1.81. The summed E-state index contributed by atoms with van der Waals surface area (Å²) in [5.74, 6) is 0.148. The molecule has 0 spiro atoms. The zero-order valence-corrected chi connectivity index (χ0v) is 19.5. The third-order valence-electron chi connectivity index (χ3n) is 4.67. The second-order valence-corrected chi connectivity index (χ2v) is 11.6. The SMILES string of the molecule is CC(OP(=O)(O)OP(=O)(O)OP(=O)(O)O)C1OC(n2ccc3c(N)ncnc32)C(C)(O)C1O. The van der Waals surface area contributed by atoms with E-state index in [1.165, 1.54) is 24.0 Å². The lowest BCUT2D eigenvalue weighted by molar-refractivity contribution is -0.0979. The Labute approximate surface area is 185 Å².